The smallest absolute Gasteiger partial charge is 0.407 e. The predicted octanol–water partition coefficient (Wildman–Crippen LogP) is 2.41. The van der Waals surface area contributed by atoms with Crippen LogP contribution in [0.5, 0.6) is 0 Å². The van der Waals surface area contributed by atoms with Gasteiger partial charge in [-0.05, 0) is 40.5 Å². The maximum atomic E-state index is 14.9. The molecule has 11 heteroatoms. The molecule has 1 amide bonds. The summed E-state index contributed by atoms with van der Waals surface area (Å²) in [5, 5.41) is 2.59. The van der Waals surface area contributed by atoms with E-state index >= 15 is 0 Å². The van der Waals surface area contributed by atoms with Crippen LogP contribution in [0, 0.1) is 5.82 Å². The summed E-state index contributed by atoms with van der Waals surface area (Å²) in [6.07, 6.45) is 2.32. The molecule has 0 saturated carbocycles. The molecule has 0 bridgehead atoms. The van der Waals surface area contributed by atoms with Crippen molar-refractivity contribution >= 4 is 22.1 Å². The molecule has 1 fully saturated rings. The number of alkyl carbamates (subject to hydrolysis) is 1. The van der Waals surface area contributed by atoms with Crippen molar-refractivity contribution in [3.8, 4) is 0 Å². The van der Waals surface area contributed by atoms with E-state index in [1.807, 2.05) is 0 Å². The number of carbonyl (C=O) groups excluding carboxylic acids is 2. The van der Waals surface area contributed by atoms with Crippen LogP contribution in [-0.4, -0.2) is 60.7 Å². The van der Waals surface area contributed by atoms with Gasteiger partial charge in [0.1, 0.15) is 10.5 Å². The Labute approximate surface area is 176 Å². The normalized spacial score (nSPS) is 18.1. The van der Waals surface area contributed by atoms with E-state index in [-0.39, 0.29) is 19.7 Å². The van der Waals surface area contributed by atoms with Gasteiger partial charge in [-0.3, -0.25) is 0 Å². The lowest BCUT2D eigenvalue weighted by molar-refractivity contribution is 0.0499. The molecule has 0 spiro atoms. The first-order valence-corrected chi connectivity index (χ1v) is 11.3. The minimum Gasteiger partial charge on any atom is -0.461 e. The molecule has 1 atom stereocenters. The Morgan fingerprint density at radius 2 is 1.97 bits per heavy atom. The third-order valence-corrected chi connectivity index (χ3v) is 6.54. The van der Waals surface area contributed by atoms with E-state index in [0.717, 1.165) is 17.2 Å². The molecule has 0 aliphatic carbocycles. The van der Waals surface area contributed by atoms with Crippen molar-refractivity contribution in [1.82, 2.24) is 14.2 Å². The van der Waals surface area contributed by atoms with Crippen LogP contribution in [0.25, 0.3) is 0 Å². The highest BCUT2D eigenvalue weighted by molar-refractivity contribution is 7.89. The van der Waals surface area contributed by atoms with Gasteiger partial charge in [0.05, 0.1) is 6.61 Å². The highest BCUT2D eigenvalue weighted by Crippen LogP contribution is 2.29. The van der Waals surface area contributed by atoms with E-state index in [2.05, 4.69) is 5.32 Å². The summed E-state index contributed by atoms with van der Waals surface area (Å²) in [6.45, 7) is 7.01. The molecule has 1 aliphatic heterocycles. The van der Waals surface area contributed by atoms with Crippen LogP contribution in [0.15, 0.2) is 11.1 Å². The summed E-state index contributed by atoms with van der Waals surface area (Å²) in [5.41, 5.74) is -1.13. The lowest BCUT2D eigenvalue weighted by Crippen LogP contribution is -2.49. The van der Waals surface area contributed by atoms with Crippen molar-refractivity contribution < 1.29 is 31.9 Å². The van der Waals surface area contributed by atoms with Crippen LogP contribution in [0.4, 0.5) is 9.18 Å². The molecule has 9 nitrogen and oxygen atoms in total. The summed E-state index contributed by atoms with van der Waals surface area (Å²) in [7, 11) is -2.86. The first-order valence-electron chi connectivity index (χ1n) is 9.89. The average molecular weight is 448 g/mol. The Morgan fingerprint density at radius 3 is 2.57 bits per heavy atom. The van der Waals surface area contributed by atoms with Gasteiger partial charge in [-0.25, -0.2) is 22.4 Å². The van der Waals surface area contributed by atoms with E-state index in [1.165, 1.54) is 11.4 Å². The number of aromatic nitrogens is 1. The number of hydrogen-bond acceptors (Lipinski definition) is 6. The molecule has 1 aliphatic rings. The second kappa shape index (κ2) is 9.34. The van der Waals surface area contributed by atoms with Gasteiger partial charge in [-0.15, -0.1) is 0 Å². The summed E-state index contributed by atoms with van der Waals surface area (Å²) >= 11 is 0. The van der Waals surface area contributed by atoms with Crippen molar-refractivity contribution in [2.24, 2.45) is 7.05 Å². The number of nitrogens with zero attached hydrogens (tertiary/aromatic N) is 2. The summed E-state index contributed by atoms with van der Waals surface area (Å²) in [4.78, 5) is 23.4. The molecular formula is C19H30FN3O6S. The van der Waals surface area contributed by atoms with Gasteiger partial charge < -0.3 is 19.4 Å². The number of amides is 1. The second-order valence-electron chi connectivity index (χ2n) is 8.14. The first kappa shape index (κ1) is 24.1. The van der Waals surface area contributed by atoms with E-state index < -0.39 is 50.1 Å². The van der Waals surface area contributed by atoms with Gasteiger partial charge in [0.15, 0.2) is 11.5 Å². The minimum absolute atomic E-state index is 0.0350. The van der Waals surface area contributed by atoms with Gasteiger partial charge in [0.2, 0.25) is 10.0 Å². The van der Waals surface area contributed by atoms with Crippen LogP contribution in [0.1, 0.15) is 57.4 Å². The van der Waals surface area contributed by atoms with E-state index in [1.54, 1.807) is 27.7 Å². The molecule has 2 rings (SSSR count). The van der Waals surface area contributed by atoms with Gasteiger partial charge in [0, 0.05) is 32.4 Å². The lowest BCUT2D eigenvalue weighted by Gasteiger charge is -2.34. The van der Waals surface area contributed by atoms with E-state index in [9.17, 15) is 22.4 Å². The third kappa shape index (κ3) is 5.51. The predicted molar refractivity (Wildman–Crippen MR) is 107 cm³/mol. The van der Waals surface area contributed by atoms with Crippen LogP contribution in [0.2, 0.25) is 0 Å². The molecule has 170 valence electrons. The number of halogens is 1. The zero-order valence-electron chi connectivity index (χ0n) is 18.0. The molecule has 1 saturated heterocycles. The van der Waals surface area contributed by atoms with Crippen molar-refractivity contribution in [2.45, 2.75) is 63.5 Å². The largest absolute Gasteiger partial charge is 0.461 e. The Morgan fingerprint density at radius 1 is 1.30 bits per heavy atom. The van der Waals surface area contributed by atoms with E-state index in [4.69, 9.17) is 9.47 Å². The average Bonchev–Trinajstić information content (AvgIpc) is 2.94. The number of ether oxygens (including phenoxy) is 2. The van der Waals surface area contributed by atoms with Crippen molar-refractivity contribution in [3.05, 3.63) is 17.7 Å². The Hall–Kier alpha value is -2.14. The molecule has 2 heterocycles. The highest BCUT2D eigenvalue weighted by Gasteiger charge is 2.38. The summed E-state index contributed by atoms with van der Waals surface area (Å²) in [5.74, 6) is -2.07. The van der Waals surface area contributed by atoms with Gasteiger partial charge in [-0.1, -0.05) is 6.42 Å². The third-order valence-electron chi connectivity index (χ3n) is 4.60. The van der Waals surface area contributed by atoms with Crippen molar-refractivity contribution in [2.75, 3.05) is 19.7 Å². The second-order valence-corrected chi connectivity index (χ2v) is 9.99. The van der Waals surface area contributed by atoms with Crippen LogP contribution in [0.3, 0.4) is 0 Å². The zero-order valence-corrected chi connectivity index (χ0v) is 18.8. The maximum Gasteiger partial charge on any atom is 0.407 e. The summed E-state index contributed by atoms with van der Waals surface area (Å²) < 4.78 is 53.7. The fourth-order valence-electron chi connectivity index (χ4n) is 3.32. The minimum atomic E-state index is -4.24. The van der Waals surface area contributed by atoms with Crippen LogP contribution >= 0.6 is 0 Å². The molecule has 1 aromatic heterocycles. The molecule has 1 N–H and O–H groups in total. The van der Waals surface area contributed by atoms with Crippen molar-refractivity contribution in [3.63, 3.8) is 0 Å². The van der Waals surface area contributed by atoms with E-state index in [0.29, 0.717) is 12.8 Å². The van der Waals surface area contributed by atoms with Gasteiger partial charge >= 0.3 is 12.1 Å². The molecule has 1 aromatic rings. The SMILES string of the molecule is CCOC(=O)c1c(F)c(S(=O)(=O)N2CCCCC2CNC(=O)OC(C)(C)C)cn1C. The van der Waals surface area contributed by atoms with Gasteiger partial charge in [0.25, 0.3) is 0 Å². The number of carbonyl (C=O) groups is 2. The number of sulfonamides is 1. The lowest BCUT2D eigenvalue weighted by atomic mass is 10.1. The standard InChI is InChI=1S/C19H30FN3O6S/c1-6-28-17(24)16-15(20)14(12-22(16)5)30(26,27)23-10-8-7-9-13(23)11-21-18(25)29-19(2,3)4/h12-13H,6-11H2,1-5H3,(H,21,25). The molecule has 30 heavy (non-hydrogen) atoms. The molecule has 0 aromatic carbocycles. The first-order chi connectivity index (χ1) is 13.9. The number of piperidine rings is 1. The number of esters is 1. The maximum absolute atomic E-state index is 14.9. The van der Waals surface area contributed by atoms with Crippen LogP contribution in [-0.2, 0) is 26.5 Å². The molecular weight excluding hydrogens is 417 g/mol. The quantitative estimate of drug-likeness (QED) is 0.671. The number of rotatable bonds is 6. The fraction of sp³-hybridized carbons (Fsp3) is 0.684. The fourth-order valence-corrected chi connectivity index (χ4v) is 5.13. The Bertz CT molecular complexity index is 891. The number of nitrogens with one attached hydrogen (secondary N) is 1. The summed E-state index contributed by atoms with van der Waals surface area (Å²) in [6, 6.07) is -0.554. The molecule has 1 unspecified atom stereocenters. The number of hydrogen-bond donors (Lipinski definition) is 1. The zero-order chi connectivity index (χ0) is 22.7. The van der Waals surface area contributed by atoms with Gasteiger partial charge in [-0.2, -0.15) is 4.31 Å². The van der Waals surface area contributed by atoms with Crippen LogP contribution < -0.4 is 5.32 Å². The molecule has 0 radical (unpaired) electrons. The highest BCUT2D eigenvalue weighted by atomic mass is 32.2. The number of aryl methyl sites for hydroxylation is 1. The Balaban J connectivity index is 2.25. The topological polar surface area (TPSA) is 107 Å². The van der Waals surface area contributed by atoms with Crippen molar-refractivity contribution in [1.29, 1.82) is 0 Å². The monoisotopic (exact) mass is 447 g/mol. The Kier molecular flexibility index (Phi) is 7.51.